The van der Waals surface area contributed by atoms with Crippen LogP contribution in [0.15, 0.2) is 48.5 Å². The number of benzene rings is 2. The summed E-state index contributed by atoms with van der Waals surface area (Å²) in [6.45, 7) is 2.02. The van der Waals surface area contributed by atoms with Gasteiger partial charge in [0.05, 0.1) is 0 Å². The van der Waals surface area contributed by atoms with Crippen molar-refractivity contribution >= 4 is 11.7 Å². The molecule has 0 radical (unpaired) electrons. The van der Waals surface area contributed by atoms with Gasteiger partial charge in [-0.1, -0.05) is 42.0 Å². The molecule has 1 aliphatic rings. The third-order valence-electron chi connectivity index (χ3n) is 4.28. The predicted octanol–water partition coefficient (Wildman–Crippen LogP) is 3.42. The van der Waals surface area contributed by atoms with Gasteiger partial charge in [-0.25, -0.2) is 4.79 Å². The molecule has 0 bridgehead atoms. The molecule has 0 saturated carbocycles. The van der Waals surface area contributed by atoms with Gasteiger partial charge < -0.3 is 10.4 Å². The molecule has 1 unspecified atom stereocenters. The summed E-state index contributed by atoms with van der Waals surface area (Å²) in [5.74, 6) is -0.780. The zero-order valence-corrected chi connectivity index (χ0v) is 12.1. The summed E-state index contributed by atoms with van der Waals surface area (Å²) < 4.78 is 0. The van der Waals surface area contributed by atoms with E-state index in [0.29, 0.717) is 12.8 Å². The smallest absolute Gasteiger partial charge is 0.329 e. The standard InChI is InChI=1S/C18H19NO2/c1-13-6-8-16(9-7-13)19-18(17(20)21)11-10-14-4-2-3-5-15(14)12-18/h2-9,19H,10-12H2,1H3,(H,20,21). The van der Waals surface area contributed by atoms with E-state index in [2.05, 4.69) is 11.4 Å². The zero-order valence-electron chi connectivity index (χ0n) is 12.1. The van der Waals surface area contributed by atoms with E-state index in [1.807, 2.05) is 49.4 Å². The van der Waals surface area contributed by atoms with Crippen molar-refractivity contribution in [1.29, 1.82) is 0 Å². The van der Waals surface area contributed by atoms with Gasteiger partial charge in [0.15, 0.2) is 0 Å². The van der Waals surface area contributed by atoms with Crippen LogP contribution in [-0.4, -0.2) is 16.6 Å². The van der Waals surface area contributed by atoms with Gasteiger partial charge in [0.25, 0.3) is 0 Å². The lowest BCUT2D eigenvalue weighted by Gasteiger charge is -2.36. The minimum absolute atomic E-state index is 0.520. The predicted molar refractivity (Wildman–Crippen MR) is 83.6 cm³/mol. The van der Waals surface area contributed by atoms with Gasteiger partial charge in [-0.3, -0.25) is 0 Å². The fraction of sp³-hybridized carbons (Fsp3) is 0.278. The van der Waals surface area contributed by atoms with Crippen LogP contribution in [0.25, 0.3) is 0 Å². The third kappa shape index (κ3) is 2.64. The van der Waals surface area contributed by atoms with Gasteiger partial charge in [0.2, 0.25) is 0 Å². The van der Waals surface area contributed by atoms with E-state index in [1.54, 1.807) is 0 Å². The molecule has 0 heterocycles. The lowest BCUT2D eigenvalue weighted by Crippen LogP contribution is -2.50. The highest BCUT2D eigenvalue weighted by atomic mass is 16.4. The van der Waals surface area contributed by atoms with Crippen molar-refractivity contribution in [2.45, 2.75) is 31.7 Å². The van der Waals surface area contributed by atoms with E-state index in [0.717, 1.165) is 17.7 Å². The van der Waals surface area contributed by atoms with Crippen LogP contribution < -0.4 is 5.32 Å². The number of carboxylic acid groups (broad SMARTS) is 1. The monoisotopic (exact) mass is 281 g/mol. The van der Waals surface area contributed by atoms with E-state index in [9.17, 15) is 9.90 Å². The van der Waals surface area contributed by atoms with Gasteiger partial charge in [0.1, 0.15) is 5.54 Å². The van der Waals surface area contributed by atoms with Crippen molar-refractivity contribution in [2.75, 3.05) is 5.32 Å². The lowest BCUT2D eigenvalue weighted by molar-refractivity contribution is -0.142. The molecule has 0 saturated heterocycles. The van der Waals surface area contributed by atoms with Crippen LogP contribution in [0.3, 0.4) is 0 Å². The number of hydrogen-bond acceptors (Lipinski definition) is 2. The highest BCUT2D eigenvalue weighted by molar-refractivity contribution is 5.84. The maximum atomic E-state index is 11.9. The molecule has 21 heavy (non-hydrogen) atoms. The first kappa shape index (κ1) is 13.7. The summed E-state index contributed by atoms with van der Waals surface area (Å²) in [5, 5.41) is 13.0. The molecular weight excluding hydrogens is 262 g/mol. The summed E-state index contributed by atoms with van der Waals surface area (Å²) in [6, 6.07) is 16.0. The van der Waals surface area contributed by atoms with Crippen molar-refractivity contribution < 1.29 is 9.90 Å². The quantitative estimate of drug-likeness (QED) is 0.906. The number of rotatable bonds is 3. The Morgan fingerprint density at radius 3 is 2.43 bits per heavy atom. The Morgan fingerprint density at radius 1 is 1.10 bits per heavy atom. The van der Waals surface area contributed by atoms with Crippen LogP contribution in [0.1, 0.15) is 23.1 Å². The fourth-order valence-corrected chi connectivity index (χ4v) is 2.99. The summed E-state index contributed by atoms with van der Waals surface area (Å²) in [7, 11) is 0. The topological polar surface area (TPSA) is 49.3 Å². The second-order valence-electron chi connectivity index (χ2n) is 5.82. The van der Waals surface area contributed by atoms with E-state index in [1.165, 1.54) is 11.1 Å². The van der Waals surface area contributed by atoms with E-state index in [-0.39, 0.29) is 0 Å². The van der Waals surface area contributed by atoms with Crippen molar-refractivity contribution in [1.82, 2.24) is 0 Å². The van der Waals surface area contributed by atoms with Gasteiger partial charge in [-0.05, 0) is 43.0 Å². The minimum atomic E-state index is -0.913. The molecule has 2 aromatic rings. The maximum absolute atomic E-state index is 11.9. The number of hydrogen-bond donors (Lipinski definition) is 2. The SMILES string of the molecule is Cc1ccc(NC2(C(=O)O)CCc3ccccc3C2)cc1. The number of nitrogens with one attached hydrogen (secondary N) is 1. The number of carboxylic acids is 1. The number of aryl methyl sites for hydroxylation is 2. The van der Waals surface area contributed by atoms with Crippen LogP contribution in [0.5, 0.6) is 0 Å². The molecule has 108 valence electrons. The van der Waals surface area contributed by atoms with Crippen LogP contribution >= 0.6 is 0 Å². The molecule has 0 aromatic heterocycles. The molecule has 3 heteroatoms. The second-order valence-corrected chi connectivity index (χ2v) is 5.82. The van der Waals surface area contributed by atoms with Gasteiger partial charge >= 0.3 is 5.97 Å². The molecule has 0 spiro atoms. The first-order valence-corrected chi connectivity index (χ1v) is 7.24. The average molecular weight is 281 g/mol. The largest absolute Gasteiger partial charge is 0.479 e. The molecule has 2 N–H and O–H groups in total. The summed E-state index contributed by atoms with van der Waals surface area (Å²) in [4.78, 5) is 11.9. The van der Waals surface area contributed by atoms with Crippen molar-refractivity contribution in [3.05, 3.63) is 65.2 Å². The summed E-state index contributed by atoms with van der Waals surface area (Å²) in [6.07, 6.45) is 1.92. The Bertz CT molecular complexity index is 663. The van der Waals surface area contributed by atoms with E-state index >= 15 is 0 Å². The van der Waals surface area contributed by atoms with Crippen LogP contribution in [-0.2, 0) is 17.6 Å². The van der Waals surface area contributed by atoms with Gasteiger partial charge in [0, 0.05) is 12.1 Å². The molecular formula is C18H19NO2. The molecule has 2 aromatic carbocycles. The van der Waals surface area contributed by atoms with Gasteiger partial charge in [-0.2, -0.15) is 0 Å². The van der Waals surface area contributed by atoms with Crippen LogP contribution in [0.4, 0.5) is 5.69 Å². The molecule has 1 aliphatic carbocycles. The van der Waals surface area contributed by atoms with Crippen LogP contribution in [0.2, 0.25) is 0 Å². The molecule has 0 fully saturated rings. The third-order valence-corrected chi connectivity index (χ3v) is 4.28. The molecule has 3 rings (SSSR count). The minimum Gasteiger partial charge on any atom is -0.479 e. The van der Waals surface area contributed by atoms with Crippen LogP contribution in [0, 0.1) is 6.92 Å². The summed E-state index contributed by atoms with van der Waals surface area (Å²) in [5.41, 5.74) is 3.51. The number of aliphatic carboxylic acids is 1. The first-order chi connectivity index (χ1) is 10.1. The first-order valence-electron chi connectivity index (χ1n) is 7.24. The Morgan fingerprint density at radius 2 is 1.76 bits per heavy atom. The molecule has 0 aliphatic heterocycles. The summed E-state index contributed by atoms with van der Waals surface area (Å²) >= 11 is 0. The normalized spacial score (nSPS) is 20.6. The number of fused-ring (bicyclic) bond motifs is 1. The Labute approximate surface area is 124 Å². The van der Waals surface area contributed by atoms with Gasteiger partial charge in [-0.15, -0.1) is 0 Å². The van der Waals surface area contributed by atoms with Crippen molar-refractivity contribution in [3.63, 3.8) is 0 Å². The lowest BCUT2D eigenvalue weighted by atomic mass is 9.77. The fourth-order valence-electron chi connectivity index (χ4n) is 2.99. The van der Waals surface area contributed by atoms with Crippen molar-refractivity contribution in [3.8, 4) is 0 Å². The Kier molecular flexibility index (Phi) is 3.42. The number of anilines is 1. The second kappa shape index (κ2) is 5.24. The average Bonchev–Trinajstić information content (AvgIpc) is 2.49. The highest BCUT2D eigenvalue weighted by Crippen LogP contribution is 2.32. The van der Waals surface area contributed by atoms with Crippen molar-refractivity contribution in [2.24, 2.45) is 0 Å². The Hall–Kier alpha value is -2.29. The van der Waals surface area contributed by atoms with E-state index in [4.69, 9.17) is 0 Å². The number of carbonyl (C=O) groups is 1. The molecule has 0 amide bonds. The molecule has 3 nitrogen and oxygen atoms in total. The molecule has 1 atom stereocenters. The Balaban J connectivity index is 1.91. The maximum Gasteiger partial charge on any atom is 0.329 e. The zero-order chi connectivity index (χ0) is 14.9. The highest BCUT2D eigenvalue weighted by Gasteiger charge is 2.41. The van der Waals surface area contributed by atoms with E-state index < -0.39 is 11.5 Å².